The van der Waals surface area contributed by atoms with Gasteiger partial charge in [-0.25, -0.2) is 0 Å². The van der Waals surface area contributed by atoms with E-state index < -0.39 is 0 Å². The molecule has 0 aliphatic rings. The molecule has 5 heteroatoms. The van der Waals surface area contributed by atoms with Crippen molar-refractivity contribution < 1.29 is 14.6 Å². The van der Waals surface area contributed by atoms with Gasteiger partial charge in [-0.1, -0.05) is 30.3 Å². The summed E-state index contributed by atoms with van der Waals surface area (Å²) in [6, 6.07) is 19.9. The number of hydrogen-bond donors (Lipinski definition) is 3. The van der Waals surface area contributed by atoms with Crippen LogP contribution >= 0.6 is 0 Å². The molecule has 0 spiro atoms. The molecule has 0 saturated carbocycles. The monoisotopic (exact) mass is 348 g/mol. The first-order valence-corrected chi connectivity index (χ1v) is 8.16. The van der Waals surface area contributed by atoms with Crippen LogP contribution in [0.1, 0.15) is 15.9 Å². The van der Waals surface area contributed by atoms with Crippen molar-refractivity contribution in [3.63, 3.8) is 0 Å². The van der Waals surface area contributed by atoms with E-state index in [9.17, 15) is 4.79 Å². The van der Waals surface area contributed by atoms with Gasteiger partial charge in [0.25, 0.3) is 5.91 Å². The van der Waals surface area contributed by atoms with Crippen LogP contribution in [0.5, 0.6) is 5.75 Å². The van der Waals surface area contributed by atoms with Crippen molar-refractivity contribution in [2.75, 3.05) is 18.2 Å². The molecule has 0 fully saturated rings. The Labute approximate surface area is 152 Å². The smallest absolute Gasteiger partial charge is 0.255 e. The van der Waals surface area contributed by atoms with Crippen molar-refractivity contribution in [3.05, 3.63) is 77.9 Å². The van der Waals surface area contributed by atoms with Crippen LogP contribution < -0.4 is 15.8 Å². The average molecular weight is 348 g/mol. The molecule has 3 rings (SSSR count). The first-order valence-electron chi connectivity index (χ1n) is 8.16. The van der Waals surface area contributed by atoms with Crippen LogP contribution in [0.4, 0.5) is 11.4 Å². The highest BCUT2D eigenvalue weighted by atomic mass is 16.5. The maximum atomic E-state index is 12.5. The third kappa shape index (κ3) is 3.84. The number of carbonyl (C=O) groups excluding carboxylic acids is 1. The summed E-state index contributed by atoms with van der Waals surface area (Å²) in [6.45, 7) is 0.00515. The summed E-state index contributed by atoms with van der Waals surface area (Å²) in [4.78, 5) is 12.5. The fraction of sp³-hybridized carbons (Fsp3) is 0.0952. The maximum absolute atomic E-state index is 12.5. The van der Waals surface area contributed by atoms with Gasteiger partial charge in [-0.2, -0.15) is 0 Å². The number of carbonyl (C=O) groups is 1. The Morgan fingerprint density at radius 1 is 1.00 bits per heavy atom. The van der Waals surface area contributed by atoms with Crippen LogP contribution in [0.3, 0.4) is 0 Å². The summed E-state index contributed by atoms with van der Waals surface area (Å²) in [5, 5.41) is 12.0. The number of rotatable bonds is 5. The van der Waals surface area contributed by atoms with Crippen LogP contribution in [-0.4, -0.2) is 18.1 Å². The minimum Gasteiger partial charge on any atom is -0.497 e. The van der Waals surface area contributed by atoms with Crippen molar-refractivity contribution >= 4 is 17.3 Å². The molecule has 0 heterocycles. The molecule has 4 N–H and O–H groups in total. The maximum Gasteiger partial charge on any atom is 0.255 e. The average Bonchev–Trinajstić information content (AvgIpc) is 2.69. The zero-order valence-corrected chi connectivity index (χ0v) is 14.4. The Hall–Kier alpha value is -3.31. The third-order valence-corrected chi connectivity index (χ3v) is 4.12. The van der Waals surface area contributed by atoms with E-state index in [0.717, 1.165) is 16.7 Å². The van der Waals surface area contributed by atoms with Gasteiger partial charge in [-0.15, -0.1) is 0 Å². The number of nitrogen functional groups attached to an aromatic ring is 1. The van der Waals surface area contributed by atoms with Gasteiger partial charge in [0.2, 0.25) is 0 Å². The van der Waals surface area contributed by atoms with E-state index in [1.165, 1.54) is 0 Å². The fourth-order valence-corrected chi connectivity index (χ4v) is 2.58. The molecule has 0 radical (unpaired) electrons. The Bertz CT molecular complexity index is 904. The number of hydrogen-bond acceptors (Lipinski definition) is 4. The van der Waals surface area contributed by atoms with Gasteiger partial charge in [0, 0.05) is 5.56 Å². The Morgan fingerprint density at radius 2 is 1.65 bits per heavy atom. The van der Waals surface area contributed by atoms with E-state index in [0.29, 0.717) is 22.7 Å². The Balaban J connectivity index is 1.83. The summed E-state index contributed by atoms with van der Waals surface area (Å²) in [6.07, 6.45) is 0. The van der Waals surface area contributed by atoms with Crippen LogP contribution in [0.2, 0.25) is 0 Å². The third-order valence-electron chi connectivity index (χ3n) is 4.12. The van der Waals surface area contributed by atoms with Crippen LogP contribution in [0, 0.1) is 0 Å². The first kappa shape index (κ1) is 17.5. The molecule has 0 atom stereocenters. The van der Waals surface area contributed by atoms with Gasteiger partial charge in [0.15, 0.2) is 0 Å². The summed E-state index contributed by atoms with van der Waals surface area (Å²) in [5.41, 5.74) is 10.3. The van der Waals surface area contributed by atoms with E-state index in [1.807, 2.05) is 36.4 Å². The van der Waals surface area contributed by atoms with Crippen molar-refractivity contribution in [2.45, 2.75) is 6.61 Å². The lowest BCUT2D eigenvalue weighted by molar-refractivity contribution is 0.102. The topological polar surface area (TPSA) is 84.6 Å². The quantitative estimate of drug-likeness (QED) is 0.614. The predicted octanol–water partition coefficient (Wildman–Crippen LogP) is 3.69. The number of nitrogens with one attached hydrogen (secondary N) is 1. The highest BCUT2D eigenvalue weighted by Gasteiger charge is 2.10. The standard InChI is InChI=1S/C21H20N2O3/c1-26-18-9-6-16(7-10-18)21(25)23-20-12-17(8-11-19(20)22)15-4-2-14(13-24)3-5-15/h2-12,24H,13,22H2,1H3,(H,23,25). The summed E-state index contributed by atoms with van der Waals surface area (Å²) < 4.78 is 5.10. The van der Waals surface area contributed by atoms with E-state index >= 15 is 0 Å². The van der Waals surface area contributed by atoms with Gasteiger partial charge in [0.1, 0.15) is 5.75 Å². The van der Waals surface area contributed by atoms with Gasteiger partial charge >= 0.3 is 0 Å². The number of anilines is 2. The summed E-state index contributed by atoms with van der Waals surface area (Å²) in [7, 11) is 1.58. The van der Waals surface area contributed by atoms with Crippen molar-refractivity contribution in [3.8, 4) is 16.9 Å². The molecule has 26 heavy (non-hydrogen) atoms. The lowest BCUT2D eigenvalue weighted by atomic mass is 10.0. The lowest BCUT2D eigenvalue weighted by Gasteiger charge is -2.11. The number of ether oxygens (including phenoxy) is 1. The number of aliphatic hydroxyl groups is 1. The molecule has 0 unspecified atom stereocenters. The van der Waals surface area contributed by atoms with Gasteiger partial charge < -0.3 is 20.9 Å². The zero-order valence-electron chi connectivity index (χ0n) is 14.4. The zero-order chi connectivity index (χ0) is 18.5. The van der Waals surface area contributed by atoms with Crippen molar-refractivity contribution in [2.24, 2.45) is 0 Å². The molecule has 0 aromatic heterocycles. The number of nitrogens with two attached hydrogens (primary N) is 1. The Morgan fingerprint density at radius 3 is 2.27 bits per heavy atom. The minimum atomic E-state index is -0.243. The van der Waals surface area contributed by atoms with E-state index in [1.54, 1.807) is 37.4 Å². The van der Waals surface area contributed by atoms with Gasteiger partial charge in [0.05, 0.1) is 25.1 Å². The molecular weight excluding hydrogens is 328 g/mol. The van der Waals surface area contributed by atoms with Crippen LogP contribution in [0.15, 0.2) is 66.7 Å². The number of methoxy groups -OCH3 is 1. The molecule has 0 aliphatic carbocycles. The van der Waals surface area contributed by atoms with E-state index in [4.69, 9.17) is 15.6 Å². The second kappa shape index (κ2) is 7.72. The second-order valence-corrected chi connectivity index (χ2v) is 5.84. The number of benzene rings is 3. The summed E-state index contributed by atoms with van der Waals surface area (Å²) >= 11 is 0. The normalized spacial score (nSPS) is 10.4. The van der Waals surface area contributed by atoms with Gasteiger partial charge in [-0.05, 0) is 53.1 Å². The highest BCUT2D eigenvalue weighted by molar-refractivity contribution is 6.06. The molecule has 0 saturated heterocycles. The first-order chi connectivity index (χ1) is 12.6. The molecule has 5 nitrogen and oxygen atoms in total. The molecule has 1 amide bonds. The predicted molar refractivity (Wildman–Crippen MR) is 103 cm³/mol. The second-order valence-electron chi connectivity index (χ2n) is 5.84. The van der Waals surface area contributed by atoms with Crippen molar-refractivity contribution in [1.82, 2.24) is 0 Å². The molecule has 0 bridgehead atoms. The van der Waals surface area contributed by atoms with Crippen molar-refractivity contribution in [1.29, 1.82) is 0 Å². The Kier molecular flexibility index (Phi) is 5.20. The molecule has 3 aromatic rings. The highest BCUT2D eigenvalue weighted by Crippen LogP contribution is 2.28. The molecule has 3 aromatic carbocycles. The lowest BCUT2D eigenvalue weighted by Crippen LogP contribution is -2.13. The largest absolute Gasteiger partial charge is 0.497 e. The SMILES string of the molecule is COc1ccc(C(=O)Nc2cc(-c3ccc(CO)cc3)ccc2N)cc1. The van der Waals surface area contributed by atoms with E-state index in [-0.39, 0.29) is 12.5 Å². The number of aliphatic hydroxyl groups excluding tert-OH is 1. The molecular formula is C21H20N2O3. The van der Waals surface area contributed by atoms with Gasteiger partial charge in [-0.3, -0.25) is 4.79 Å². The van der Waals surface area contributed by atoms with Crippen LogP contribution in [-0.2, 0) is 6.61 Å². The number of amides is 1. The molecule has 132 valence electrons. The summed E-state index contributed by atoms with van der Waals surface area (Å²) in [5.74, 6) is 0.446. The fourth-order valence-electron chi connectivity index (χ4n) is 2.58. The minimum absolute atomic E-state index is 0.00515. The molecule has 0 aliphatic heterocycles. The van der Waals surface area contributed by atoms with Crippen LogP contribution in [0.25, 0.3) is 11.1 Å². The van der Waals surface area contributed by atoms with E-state index in [2.05, 4.69) is 5.32 Å².